The van der Waals surface area contributed by atoms with Crippen LogP contribution in [0.3, 0.4) is 0 Å². The molecule has 0 radical (unpaired) electrons. The Morgan fingerprint density at radius 1 is 1.06 bits per heavy atom. The van der Waals surface area contributed by atoms with Crippen LogP contribution in [0.1, 0.15) is 45.1 Å². The van der Waals surface area contributed by atoms with Crippen molar-refractivity contribution in [3.05, 3.63) is 64.6 Å². The molecule has 9 heteroatoms. The van der Waals surface area contributed by atoms with Crippen LogP contribution in [0.25, 0.3) is 0 Å². The third kappa shape index (κ3) is 8.76. The lowest BCUT2D eigenvalue weighted by molar-refractivity contribution is -0.140. The van der Waals surface area contributed by atoms with Crippen LogP contribution in [0, 0.1) is 0 Å². The molecular weight excluding hydrogens is 518 g/mol. The van der Waals surface area contributed by atoms with Crippen molar-refractivity contribution in [3.63, 3.8) is 0 Å². The van der Waals surface area contributed by atoms with Crippen molar-refractivity contribution in [2.45, 2.75) is 52.1 Å². The van der Waals surface area contributed by atoms with E-state index < -0.39 is 16.1 Å². The monoisotopic (exact) mass is 551 g/mol. The van der Waals surface area contributed by atoms with Crippen molar-refractivity contribution in [1.82, 2.24) is 10.2 Å². The van der Waals surface area contributed by atoms with E-state index in [9.17, 15) is 18.0 Å². The van der Waals surface area contributed by atoms with Gasteiger partial charge < -0.3 is 10.2 Å². The van der Waals surface area contributed by atoms with Gasteiger partial charge in [-0.3, -0.25) is 13.9 Å². The first kappa shape index (κ1) is 27.9. The normalized spacial score (nSPS) is 12.1. The van der Waals surface area contributed by atoms with Crippen LogP contribution in [-0.2, 0) is 26.2 Å². The molecule has 0 spiro atoms. The number of halogens is 1. The van der Waals surface area contributed by atoms with E-state index in [4.69, 9.17) is 0 Å². The first-order valence-corrected chi connectivity index (χ1v) is 14.1. The van der Waals surface area contributed by atoms with E-state index in [0.29, 0.717) is 18.7 Å². The zero-order chi connectivity index (χ0) is 25.1. The van der Waals surface area contributed by atoms with E-state index in [0.717, 1.165) is 29.1 Å². The summed E-state index contributed by atoms with van der Waals surface area (Å²) >= 11 is 3.45. The molecule has 0 aliphatic carbocycles. The molecule has 7 nitrogen and oxygen atoms in total. The largest absolute Gasteiger partial charge is 0.354 e. The van der Waals surface area contributed by atoms with Gasteiger partial charge in [0.2, 0.25) is 21.8 Å². The number of benzene rings is 2. The summed E-state index contributed by atoms with van der Waals surface area (Å²) in [5.41, 5.74) is 1.46. The predicted molar refractivity (Wildman–Crippen MR) is 140 cm³/mol. The Morgan fingerprint density at radius 3 is 2.38 bits per heavy atom. The van der Waals surface area contributed by atoms with Crippen LogP contribution in [0.15, 0.2) is 59.1 Å². The maximum Gasteiger partial charge on any atom is 0.242 e. The van der Waals surface area contributed by atoms with Crippen LogP contribution in [-0.4, -0.2) is 50.5 Å². The minimum Gasteiger partial charge on any atom is -0.354 e. The van der Waals surface area contributed by atoms with E-state index in [1.54, 1.807) is 36.1 Å². The molecule has 0 saturated carbocycles. The van der Waals surface area contributed by atoms with E-state index in [2.05, 4.69) is 21.2 Å². The van der Waals surface area contributed by atoms with Crippen molar-refractivity contribution < 1.29 is 18.0 Å². The molecule has 1 unspecified atom stereocenters. The lowest BCUT2D eigenvalue weighted by Gasteiger charge is -2.29. The van der Waals surface area contributed by atoms with Gasteiger partial charge in [0.15, 0.2) is 0 Å². The predicted octanol–water partition coefficient (Wildman–Crippen LogP) is 4.33. The smallest absolute Gasteiger partial charge is 0.242 e. The lowest BCUT2D eigenvalue weighted by atomic mass is 10.1. The molecule has 2 amide bonds. The quantitative estimate of drug-likeness (QED) is 0.375. The topological polar surface area (TPSA) is 86.8 Å². The Labute approximate surface area is 211 Å². The summed E-state index contributed by atoms with van der Waals surface area (Å²) in [4.78, 5) is 27.5. The summed E-state index contributed by atoms with van der Waals surface area (Å²) in [6, 6.07) is 15.8. The van der Waals surface area contributed by atoms with Gasteiger partial charge in [0.25, 0.3) is 0 Å². The first-order valence-electron chi connectivity index (χ1n) is 11.5. The zero-order valence-corrected chi connectivity index (χ0v) is 22.4. The third-order valence-corrected chi connectivity index (χ3v) is 7.12. The Balaban J connectivity index is 2.12. The van der Waals surface area contributed by atoms with Gasteiger partial charge in [0.1, 0.15) is 6.04 Å². The highest BCUT2D eigenvalue weighted by Crippen LogP contribution is 2.19. The van der Waals surface area contributed by atoms with Gasteiger partial charge in [-0.1, -0.05) is 59.6 Å². The van der Waals surface area contributed by atoms with Gasteiger partial charge in [0.05, 0.1) is 11.9 Å². The molecule has 0 aliphatic rings. The summed E-state index contributed by atoms with van der Waals surface area (Å²) in [6.45, 7) is 4.81. The average Bonchev–Trinajstić information content (AvgIpc) is 2.79. The third-order valence-electron chi connectivity index (χ3n) is 5.44. The van der Waals surface area contributed by atoms with Crippen LogP contribution < -0.4 is 9.62 Å². The number of unbranched alkanes of at least 4 members (excludes halogenated alkanes) is 1. The number of carbonyl (C=O) groups excluding carboxylic acids is 2. The first-order chi connectivity index (χ1) is 16.1. The molecular formula is C25H34BrN3O4S. The van der Waals surface area contributed by atoms with Gasteiger partial charge in [0, 0.05) is 30.5 Å². The van der Waals surface area contributed by atoms with Crippen molar-refractivity contribution in [1.29, 1.82) is 0 Å². The summed E-state index contributed by atoms with van der Waals surface area (Å²) in [7, 11) is -3.49. The Bertz CT molecular complexity index is 1050. The molecule has 2 aromatic rings. The minimum absolute atomic E-state index is 0.124. The molecule has 0 saturated heterocycles. The van der Waals surface area contributed by atoms with Crippen molar-refractivity contribution in [2.24, 2.45) is 0 Å². The number of amides is 2. The molecule has 0 fully saturated rings. The van der Waals surface area contributed by atoms with Crippen molar-refractivity contribution >= 4 is 43.5 Å². The number of hydrogen-bond donors (Lipinski definition) is 1. The molecule has 0 heterocycles. The molecule has 0 bridgehead atoms. The van der Waals surface area contributed by atoms with E-state index >= 15 is 0 Å². The molecule has 34 heavy (non-hydrogen) atoms. The highest BCUT2D eigenvalue weighted by molar-refractivity contribution is 9.10. The number of para-hydroxylation sites is 1. The number of rotatable bonds is 13. The number of nitrogens with zero attached hydrogens (tertiary/aromatic N) is 2. The van der Waals surface area contributed by atoms with Gasteiger partial charge in [-0.05, 0) is 49.6 Å². The van der Waals surface area contributed by atoms with Gasteiger partial charge >= 0.3 is 0 Å². The molecule has 2 aromatic carbocycles. The number of sulfonamides is 1. The number of carbonyl (C=O) groups is 2. The van der Waals surface area contributed by atoms with E-state index in [1.807, 2.05) is 37.3 Å². The number of nitrogens with one attached hydrogen (secondary N) is 1. The highest BCUT2D eigenvalue weighted by atomic mass is 79.9. The second-order valence-corrected chi connectivity index (χ2v) is 11.1. The molecule has 0 aliphatic heterocycles. The fourth-order valence-electron chi connectivity index (χ4n) is 3.55. The van der Waals surface area contributed by atoms with Crippen LogP contribution in [0.4, 0.5) is 5.69 Å². The Kier molecular flexibility index (Phi) is 11.0. The molecule has 0 aromatic heterocycles. The Morgan fingerprint density at radius 2 is 1.76 bits per heavy atom. The summed E-state index contributed by atoms with van der Waals surface area (Å²) in [5, 5.41) is 2.90. The average molecular weight is 553 g/mol. The van der Waals surface area contributed by atoms with Gasteiger partial charge in [-0.15, -0.1) is 0 Å². The minimum atomic E-state index is -3.49. The Hall–Kier alpha value is -2.39. The second kappa shape index (κ2) is 13.5. The summed E-state index contributed by atoms with van der Waals surface area (Å²) in [5.74, 6) is -0.390. The highest BCUT2D eigenvalue weighted by Gasteiger charge is 2.26. The fourth-order valence-corrected chi connectivity index (χ4v) is 4.96. The number of anilines is 1. The standard InChI is InChI=1S/C25H34BrN3O4S/c1-4-5-16-27-25(31)20(2)28(19-21-11-9-12-22(26)18-21)24(30)15-10-17-29(34(3,32)33)23-13-7-6-8-14-23/h6-9,11-14,18,20H,4-5,10,15-17,19H2,1-3H3,(H,27,31). The molecule has 1 N–H and O–H groups in total. The molecule has 186 valence electrons. The SMILES string of the molecule is CCCCNC(=O)C(C)N(Cc1cccc(Br)c1)C(=O)CCCN(c1ccccc1)S(C)(=O)=O. The van der Waals surface area contributed by atoms with Crippen molar-refractivity contribution in [2.75, 3.05) is 23.7 Å². The van der Waals surface area contributed by atoms with Crippen LogP contribution in [0.2, 0.25) is 0 Å². The summed E-state index contributed by atoms with van der Waals surface area (Å²) in [6.07, 6.45) is 3.45. The molecule has 2 rings (SSSR count). The van der Waals surface area contributed by atoms with Gasteiger partial charge in [-0.25, -0.2) is 8.42 Å². The fraction of sp³-hybridized carbons (Fsp3) is 0.440. The maximum atomic E-state index is 13.2. The van der Waals surface area contributed by atoms with Crippen molar-refractivity contribution in [3.8, 4) is 0 Å². The van der Waals surface area contributed by atoms with Gasteiger partial charge in [-0.2, -0.15) is 0 Å². The van der Waals surface area contributed by atoms with E-state index in [1.165, 1.54) is 4.31 Å². The van der Waals surface area contributed by atoms with E-state index in [-0.39, 0.29) is 31.3 Å². The van der Waals surface area contributed by atoms with Crippen LogP contribution >= 0.6 is 15.9 Å². The van der Waals surface area contributed by atoms with Crippen LogP contribution in [0.5, 0.6) is 0 Å². The zero-order valence-electron chi connectivity index (χ0n) is 20.0. The maximum absolute atomic E-state index is 13.2. The lowest BCUT2D eigenvalue weighted by Crippen LogP contribution is -2.48. The molecule has 1 atom stereocenters. The second-order valence-electron chi connectivity index (χ2n) is 8.25. The number of hydrogen-bond acceptors (Lipinski definition) is 4. The summed E-state index contributed by atoms with van der Waals surface area (Å²) < 4.78 is 26.8.